The van der Waals surface area contributed by atoms with Crippen LogP contribution in [0.3, 0.4) is 0 Å². The number of hydrazine groups is 1. The van der Waals surface area contributed by atoms with Crippen LogP contribution in [0.2, 0.25) is 0 Å². The highest BCUT2D eigenvalue weighted by Gasteiger charge is 2.45. The van der Waals surface area contributed by atoms with E-state index in [1.807, 2.05) is 44.2 Å². The van der Waals surface area contributed by atoms with Gasteiger partial charge >= 0.3 is 0 Å². The van der Waals surface area contributed by atoms with Gasteiger partial charge in [0.05, 0.1) is 10.9 Å². The molecule has 0 aliphatic carbocycles. The minimum absolute atomic E-state index is 0.0121. The number of hydrogen-bond acceptors (Lipinski definition) is 4. The molecule has 26 heavy (non-hydrogen) atoms. The van der Waals surface area contributed by atoms with Crippen molar-refractivity contribution in [2.75, 3.05) is 0 Å². The maximum Gasteiger partial charge on any atom is 0.284 e. The molecule has 1 amide bonds. The second-order valence-electron chi connectivity index (χ2n) is 6.91. The molecule has 0 spiro atoms. The Bertz CT molecular complexity index is 996. The zero-order chi connectivity index (χ0) is 18.5. The number of aryl methyl sites for hydroxylation is 1. The Kier molecular flexibility index (Phi) is 3.88. The van der Waals surface area contributed by atoms with Crippen molar-refractivity contribution in [3.05, 3.63) is 71.4 Å². The van der Waals surface area contributed by atoms with Crippen molar-refractivity contribution in [2.24, 2.45) is 5.92 Å². The predicted octanol–water partition coefficient (Wildman–Crippen LogP) is 3.49. The van der Waals surface area contributed by atoms with Crippen molar-refractivity contribution < 1.29 is 13.2 Å². The minimum atomic E-state index is -3.97. The Labute approximate surface area is 153 Å². The van der Waals surface area contributed by atoms with E-state index in [4.69, 9.17) is 0 Å². The first kappa shape index (κ1) is 16.8. The summed E-state index contributed by atoms with van der Waals surface area (Å²) in [6, 6.07) is 14.3. The Balaban J connectivity index is 1.82. The van der Waals surface area contributed by atoms with Crippen LogP contribution in [-0.2, 0) is 14.8 Å². The van der Waals surface area contributed by atoms with E-state index in [0.29, 0.717) is 0 Å². The third kappa shape index (κ3) is 2.52. The molecular weight excluding hydrogens is 348 g/mol. The number of hydrogen-bond donors (Lipinski definition) is 0. The largest absolute Gasteiger partial charge is 0.284 e. The lowest BCUT2D eigenvalue weighted by atomic mass is 9.85. The summed E-state index contributed by atoms with van der Waals surface area (Å²) >= 11 is 0. The van der Waals surface area contributed by atoms with E-state index in [9.17, 15) is 13.2 Å². The summed E-state index contributed by atoms with van der Waals surface area (Å²) in [7, 11) is -3.97. The number of rotatable bonds is 2. The fourth-order valence-electron chi connectivity index (χ4n) is 3.73. The smallest absolute Gasteiger partial charge is 0.272 e. The number of carbonyl (C=O) groups excluding carboxylic acids is 1. The SMILES string of the molecule is Cc1ccc(S(=O)(=O)N2C(=O)C[C@H](C)[C@@H]3c4ccccc4C=CN32)cc1. The summed E-state index contributed by atoms with van der Waals surface area (Å²) in [5, 5.41) is 1.58. The van der Waals surface area contributed by atoms with Gasteiger partial charge in [-0.3, -0.25) is 9.80 Å². The number of benzene rings is 2. The van der Waals surface area contributed by atoms with E-state index >= 15 is 0 Å². The van der Waals surface area contributed by atoms with Crippen molar-refractivity contribution >= 4 is 22.0 Å². The van der Waals surface area contributed by atoms with E-state index in [1.54, 1.807) is 35.5 Å². The topological polar surface area (TPSA) is 57.7 Å². The standard InChI is InChI=1S/C20H20N2O3S/c1-14-7-9-17(10-8-14)26(24,25)22-19(23)13-15(2)20-18-6-4-3-5-16(18)11-12-21(20)22/h3-12,15,20H,13H2,1-2H3/t15-,20+/m0/s1. The summed E-state index contributed by atoms with van der Waals surface area (Å²) < 4.78 is 27.4. The molecule has 2 atom stereocenters. The van der Waals surface area contributed by atoms with Crippen LogP contribution in [0.4, 0.5) is 0 Å². The van der Waals surface area contributed by atoms with Crippen LogP contribution >= 0.6 is 0 Å². The molecule has 0 N–H and O–H groups in total. The van der Waals surface area contributed by atoms with Gasteiger partial charge in [0.25, 0.3) is 15.9 Å². The molecule has 1 fully saturated rings. The van der Waals surface area contributed by atoms with Crippen LogP contribution < -0.4 is 0 Å². The van der Waals surface area contributed by atoms with Crippen LogP contribution in [-0.4, -0.2) is 23.7 Å². The van der Waals surface area contributed by atoms with E-state index in [-0.39, 0.29) is 23.3 Å². The maximum absolute atomic E-state index is 13.2. The number of amides is 1. The summed E-state index contributed by atoms with van der Waals surface area (Å²) in [4.78, 5) is 12.9. The normalized spacial score (nSPS) is 22.2. The van der Waals surface area contributed by atoms with Gasteiger partial charge in [-0.05, 0) is 42.2 Å². The number of fused-ring (bicyclic) bond motifs is 3. The number of sulfonamides is 1. The Hall–Kier alpha value is -2.60. The van der Waals surface area contributed by atoms with Crippen molar-refractivity contribution in [2.45, 2.75) is 31.2 Å². The minimum Gasteiger partial charge on any atom is -0.272 e. The molecule has 2 heterocycles. The van der Waals surface area contributed by atoms with Gasteiger partial charge in [-0.25, -0.2) is 0 Å². The average molecular weight is 368 g/mol. The molecule has 1 saturated heterocycles. The van der Waals surface area contributed by atoms with Crippen LogP contribution in [0.1, 0.15) is 36.1 Å². The monoisotopic (exact) mass is 368 g/mol. The zero-order valence-electron chi connectivity index (χ0n) is 14.7. The van der Waals surface area contributed by atoms with Crippen molar-refractivity contribution in [3.8, 4) is 0 Å². The van der Waals surface area contributed by atoms with Gasteiger partial charge in [-0.1, -0.05) is 48.9 Å². The summed E-state index contributed by atoms with van der Waals surface area (Å²) in [6.07, 6.45) is 3.75. The Morgan fingerprint density at radius 3 is 2.46 bits per heavy atom. The second-order valence-corrected chi connectivity index (χ2v) is 8.67. The summed E-state index contributed by atoms with van der Waals surface area (Å²) in [6.45, 7) is 3.88. The molecule has 2 aromatic rings. The molecule has 5 nitrogen and oxygen atoms in total. The first-order valence-corrected chi connectivity index (χ1v) is 10.0. The maximum atomic E-state index is 13.2. The lowest BCUT2D eigenvalue weighted by Gasteiger charge is -2.47. The third-order valence-electron chi connectivity index (χ3n) is 5.01. The summed E-state index contributed by atoms with van der Waals surface area (Å²) in [5.41, 5.74) is 3.06. The molecule has 0 unspecified atom stereocenters. The quantitative estimate of drug-likeness (QED) is 0.814. The molecule has 2 aliphatic rings. The van der Waals surface area contributed by atoms with Crippen molar-refractivity contribution in [3.63, 3.8) is 0 Å². The van der Waals surface area contributed by atoms with Crippen LogP contribution in [0.15, 0.2) is 59.6 Å². The zero-order valence-corrected chi connectivity index (χ0v) is 15.5. The molecule has 4 rings (SSSR count). The lowest BCUT2D eigenvalue weighted by molar-refractivity contribution is -0.146. The van der Waals surface area contributed by atoms with Crippen LogP contribution in [0.25, 0.3) is 6.08 Å². The molecule has 134 valence electrons. The highest BCUT2D eigenvalue weighted by molar-refractivity contribution is 7.89. The Morgan fingerprint density at radius 2 is 1.73 bits per heavy atom. The van der Waals surface area contributed by atoms with E-state index < -0.39 is 15.9 Å². The van der Waals surface area contributed by atoms with Crippen molar-refractivity contribution in [1.29, 1.82) is 0 Å². The third-order valence-corrected chi connectivity index (χ3v) is 6.73. The van der Waals surface area contributed by atoms with Gasteiger partial charge in [0.15, 0.2) is 0 Å². The highest BCUT2D eigenvalue weighted by atomic mass is 32.2. The van der Waals surface area contributed by atoms with Gasteiger partial charge in [0, 0.05) is 12.6 Å². The molecular formula is C20H20N2O3S. The molecule has 2 aromatic carbocycles. The molecule has 0 aromatic heterocycles. The van der Waals surface area contributed by atoms with Gasteiger partial charge in [-0.15, -0.1) is 4.41 Å². The van der Waals surface area contributed by atoms with Gasteiger partial charge < -0.3 is 0 Å². The van der Waals surface area contributed by atoms with Gasteiger partial charge in [0.2, 0.25) is 0 Å². The Morgan fingerprint density at radius 1 is 1.04 bits per heavy atom. The van der Waals surface area contributed by atoms with E-state index in [1.165, 1.54) is 0 Å². The number of carbonyl (C=O) groups is 1. The van der Waals surface area contributed by atoms with Crippen molar-refractivity contribution in [1.82, 2.24) is 9.42 Å². The molecule has 0 radical (unpaired) electrons. The first-order chi connectivity index (χ1) is 12.4. The number of nitrogens with zero attached hydrogens (tertiary/aromatic N) is 2. The average Bonchev–Trinajstić information content (AvgIpc) is 2.61. The first-order valence-electron chi connectivity index (χ1n) is 8.60. The fraction of sp³-hybridized carbons (Fsp3) is 0.250. The molecule has 6 heteroatoms. The van der Waals surface area contributed by atoms with Gasteiger partial charge in [-0.2, -0.15) is 8.42 Å². The molecule has 0 saturated carbocycles. The fourth-order valence-corrected chi connectivity index (χ4v) is 5.15. The van der Waals surface area contributed by atoms with E-state index in [2.05, 4.69) is 0 Å². The molecule has 0 bridgehead atoms. The lowest BCUT2D eigenvalue weighted by Crippen LogP contribution is -2.55. The predicted molar refractivity (Wildman–Crippen MR) is 99.0 cm³/mol. The van der Waals surface area contributed by atoms with E-state index in [0.717, 1.165) is 21.1 Å². The highest BCUT2D eigenvalue weighted by Crippen LogP contribution is 2.43. The van der Waals surface area contributed by atoms with Crippen LogP contribution in [0, 0.1) is 12.8 Å². The molecule has 2 aliphatic heterocycles. The van der Waals surface area contributed by atoms with Gasteiger partial charge in [0.1, 0.15) is 0 Å². The van der Waals surface area contributed by atoms with Crippen LogP contribution in [0.5, 0.6) is 0 Å². The second kappa shape index (κ2) is 5.99. The summed E-state index contributed by atoms with van der Waals surface area (Å²) in [5.74, 6) is -0.392.